The van der Waals surface area contributed by atoms with E-state index in [-0.39, 0.29) is 26.4 Å². The normalized spacial score (nSPS) is 11.7. The zero-order valence-electron chi connectivity index (χ0n) is 13.2. The molecule has 0 N–H and O–H groups in total. The Kier molecular flexibility index (Phi) is 5.74. The molecule has 0 heterocycles. The van der Waals surface area contributed by atoms with Crippen molar-refractivity contribution in [2.75, 3.05) is 14.2 Å². The average molecular weight is 388 g/mol. The zero-order chi connectivity index (χ0) is 17.9. The van der Waals surface area contributed by atoms with E-state index in [4.69, 9.17) is 32.7 Å². The van der Waals surface area contributed by atoms with E-state index >= 15 is 0 Å². The second-order valence-corrected chi connectivity index (χ2v) is 7.27. The Morgan fingerprint density at radius 1 is 1.04 bits per heavy atom. The van der Waals surface area contributed by atoms with Gasteiger partial charge in [-0.25, -0.2) is 0 Å². The third-order valence-corrected chi connectivity index (χ3v) is 5.09. The number of halogens is 2. The Morgan fingerprint density at radius 2 is 1.62 bits per heavy atom. The highest BCUT2D eigenvalue weighted by Gasteiger charge is 2.18. The lowest BCUT2D eigenvalue weighted by molar-refractivity contribution is 0.394. The van der Waals surface area contributed by atoms with Gasteiger partial charge in [-0.15, -0.1) is 0 Å². The third-order valence-electron chi connectivity index (χ3n) is 3.22. The van der Waals surface area contributed by atoms with Crippen LogP contribution in [0.1, 0.15) is 11.1 Å². The van der Waals surface area contributed by atoms with Crippen LogP contribution in [0.2, 0.25) is 10.0 Å². The molecule has 0 aromatic heterocycles. The lowest BCUT2D eigenvalue weighted by Gasteiger charge is -2.12. The first-order valence-corrected chi connectivity index (χ1v) is 8.96. The summed E-state index contributed by atoms with van der Waals surface area (Å²) in [5.41, 5.74) is 1.28. The number of hydrogen-bond donors (Lipinski definition) is 0. The van der Waals surface area contributed by atoms with Crippen LogP contribution in [0.3, 0.4) is 0 Å². The Bertz CT molecular complexity index is 878. The van der Waals surface area contributed by atoms with Gasteiger partial charge in [-0.3, -0.25) is 0 Å². The fraction of sp³-hybridized carbons (Fsp3) is 0.188. The fourth-order valence-corrected chi connectivity index (χ4v) is 3.55. The molecule has 0 saturated heterocycles. The van der Waals surface area contributed by atoms with Crippen molar-refractivity contribution < 1.29 is 17.9 Å². The molecular formula is C16H15Cl2NO4S. The van der Waals surface area contributed by atoms with Gasteiger partial charge in [0, 0.05) is 5.56 Å². The van der Waals surface area contributed by atoms with Crippen LogP contribution in [0.5, 0.6) is 11.5 Å². The molecule has 0 unspecified atom stereocenters. The van der Waals surface area contributed by atoms with Crippen molar-refractivity contribution in [2.45, 2.75) is 11.8 Å². The van der Waals surface area contributed by atoms with Gasteiger partial charge in [0.2, 0.25) is 0 Å². The highest BCUT2D eigenvalue weighted by atomic mass is 35.5. The van der Waals surface area contributed by atoms with E-state index in [1.54, 1.807) is 12.1 Å². The van der Waals surface area contributed by atoms with E-state index in [9.17, 15) is 8.42 Å². The molecule has 128 valence electrons. The molecule has 0 aliphatic rings. The minimum Gasteiger partial charge on any atom is -0.494 e. The van der Waals surface area contributed by atoms with Gasteiger partial charge in [0.25, 0.3) is 10.0 Å². The van der Waals surface area contributed by atoms with Crippen LogP contribution in [0.25, 0.3) is 0 Å². The Labute approximate surface area is 150 Å². The molecule has 0 saturated carbocycles. The molecule has 5 nitrogen and oxygen atoms in total. The Balaban J connectivity index is 2.47. The second-order valence-electron chi connectivity index (χ2n) is 4.85. The molecule has 0 spiro atoms. The summed E-state index contributed by atoms with van der Waals surface area (Å²) in [6, 6.07) is 7.86. The number of sulfonamides is 1. The van der Waals surface area contributed by atoms with Gasteiger partial charge in [-0.1, -0.05) is 40.9 Å². The van der Waals surface area contributed by atoms with E-state index in [1.165, 1.54) is 32.4 Å². The first-order chi connectivity index (χ1) is 11.3. The molecule has 0 aliphatic carbocycles. The molecule has 0 fully saturated rings. The largest absolute Gasteiger partial charge is 0.494 e. The van der Waals surface area contributed by atoms with E-state index in [1.807, 2.05) is 6.92 Å². The maximum absolute atomic E-state index is 12.3. The van der Waals surface area contributed by atoms with Crippen LogP contribution in [0, 0.1) is 6.92 Å². The number of hydrogen-bond acceptors (Lipinski definition) is 4. The fourth-order valence-electron chi connectivity index (χ4n) is 1.99. The van der Waals surface area contributed by atoms with Gasteiger partial charge in [0.15, 0.2) is 5.75 Å². The van der Waals surface area contributed by atoms with Crippen LogP contribution < -0.4 is 9.47 Å². The van der Waals surface area contributed by atoms with Crippen LogP contribution in [-0.4, -0.2) is 28.9 Å². The quantitative estimate of drug-likeness (QED) is 0.723. The summed E-state index contributed by atoms with van der Waals surface area (Å²) in [4.78, 5) is 0.0917. The number of nitrogens with zero attached hydrogens (tertiary/aromatic N) is 1. The molecule has 8 heteroatoms. The summed E-state index contributed by atoms with van der Waals surface area (Å²) < 4.78 is 38.5. The van der Waals surface area contributed by atoms with Crippen molar-refractivity contribution in [1.29, 1.82) is 0 Å². The number of ether oxygens (including phenoxy) is 2. The highest BCUT2D eigenvalue weighted by molar-refractivity contribution is 7.90. The third kappa shape index (κ3) is 3.83. The number of aryl methyl sites for hydroxylation is 1. The smallest absolute Gasteiger partial charge is 0.282 e. The van der Waals surface area contributed by atoms with Gasteiger partial charge in [-0.05, 0) is 25.1 Å². The molecule has 2 aromatic rings. The van der Waals surface area contributed by atoms with Crippen molar-refractivity contribution in [3.8, 4) is 11.5 Å². The second kappa shape index (κ2) is 7.42. The topological polar surface area (TPSA) is 65.0 Å². The monoisotopic (exact) mass is 387 g/mol. The van der Waals surface area contributed by atoms with Crippen molar-refractivity contribution in [1.82, 2.24) is 0 Å². The van der Waals surface area contributed by atoms with Gasteiger partial charge < -0.3 is 9.47 Å². The zero-order valence-corrected chi connectivity index (χ0v) is 15.5. The molecule has 0 aliphatic heterocycles. The van der Waals surface area contributed by atoms with Crippen molar-refractivity contribution in [2.24, 2.45) is 4.40 Å². The van der Waals surface area contributed by atoms with E-state index in [0.29, 0.717) is 5.56 Å². The first kappa shape index (κ1) is 18.6. The lowest BCUT2D eigenvalue weighted by Crippen LogP contribution is -2.00. The summed E-state index contributed by atoms with van der Waals surface area (Å²) in [5.74, 6) is 0.467. The molecule has 24 heavy (non-hydrogen) atoms. The highest BCUT2D eigenvalue weighted by Crippen LogP contribution is 2.41. The van der Waals surface area contributed by atoms with E-state index in [2.05, 4.69) is 4.40 Å². The van der Waals surface area contributed by atoms with Crippen molar-refractivity contribution >= 4 is 39.4 Å². The van der Waals surface area contributed by atoms with Gasteiger partial charge in [0.05, 0.1) is 30.4 Å². The molecular weight excluding hydrogens is 373 g/mol. The standard InChI is InChI=1S/C16H15Cl2NO4S/c1-10-4-6-12(7-5-10)24(20,21)19-9-11-8-13(17)16(23-3)14(18)15(11)22-2/h4-9H,1-3H3/b19-9-. The molecule has 2 rings (SSSR count). The SMILES string of the molecule is COc1c(Cl)cc(/C=N\S(=O)(=O)c2ccc(C)cc2)c(OC)c1Cl. The maximum Gasteiger partial charge on any atom is 0.282 e. The van der Waals surface area contributed by atoms with Gasteiger partial charge in [-0.2, -0.15) is 12.8 Å². The van der Waals surface area contributed by atoms with Crippen molar-refractivity contribution in [3.05, 3.63) is 51.5 Å². The van der Waals surface area contributed by atoms with Gasteiger partial charge in [0.1, 0.15) is 10.8 Å². The molecule has 0 atom stereocenters. The average Bonchev–Trinajstić information content (AvgIpc) is 2.53. The van der Waals surface area contributed by atoms with Crippen LogP contribution in [0.15, 0.2) is 39.6 Å². The van der Waals surface area contributed by atoms with Crippen LogP contribution >= 0.6 is 23.2 Å². The van der Waals surface area contributed by atoms with E-state index < -0.39 is 10.0 Å². The molecule has 2 aromatic carbocycles. The summed E-state index contributed by atoms with van der Waals surface area (Å²) in [6.07, 6.45) is 1.14. The van der Waals surface area contributed by atoms with Crippen molar-refractivity contribution in [3.63, 3.8) is 0 Å². The summed E-state index contributed by atoms with van der Waals surface area (Å²) >= 11 is 12.2. The predicted octanol–water partition coefficient (Wildman–Crippen LogP) is 4.13. The molecule has 0 bridgehead atoms. The lowest BCUT2D eigenvalue weighted by atomic mass is 10.2. The molecule has 0 radical (unpaired) electrons. The number of methoxy groups -OCH3 is 2. The Hall–Kier alpha value is -1.76. The maximum atomic E-state index is 12.3. The summed E-state index contributed by atoms with van der Waals surface area (Å²) in [6.45, 7) is 1.87. The first-order valence-electron chi connectivity index (χ1n) is 6.77. The minimum absolute atomic E-state index is 0.0917. The number of rotatable bonds is 5. The van der Waals surface area contributed by atoms with Gasteiger partial charge >= 0.3 is 0 Å². The molecule has 0 amide bonds. The van der Waals surface area contributed by atoms with Crippen LogP contribution in [-0.2, 0) is 10.0 Å². The summed E-state index contributed by atoms with van der Waals surface area (Å²) in [7, 11) is -1.02. The van der Waals surface area contributed by atoms with Crippen LogP contribution in [0.4, 0.5) is 0 Å². The summed E-state index contributed by atoms with van der Waals surface area (Å²) in [5, 5.41) is 0.360. The predicted molar refractivity (Wildman–Crippen MR) is 95.5 cm³/mol. The number of benzene rings is 2. The Morgan fingerprint density at radius 3 is 2.17 bits per heavy atom. The minimum atomic E-state index is -3.85. The van der Waals surface area contributed by atoms with E-state index in [0.717, 1.165) is 11.8 Å².